The highest BCUT2D eigenvalue weighted by Gasteiger charge is 2.34. The van der Waals surface area contributed by atoms with Gasteiger partial charge in [0.1, 0.15) is 6.04 Å². The average Bonchev–Trinajstić information content (AvgIpc) is 3.19. The van der Waals surface area contributed by atoms with Crippen LogP contribution in [0.5, 0.6) is 0 Å². The molecule has 0 N–H and O–H groups in total. The number of nitrogens with zero attached hydrogens (tertiary/aromatic N) is 5. The Morgan fingerprint density at radius 2 is 1.23 bits per heavy atom. The number of carbonyl (C=O) groups is 3. The van der Waals surface area contributed by atoms with E-state index in [0.29, 0.717) is 39.1 Å². The number of rotatable bonds is 12. The van der Waals surface area contributed by atoms with Gasteiger partial charge < -0.3 is 19.6 Å². The number of hydrogen-bond donors (Lipinski definition) is 0. The first-order chi connectivity index (χ1) is 25.4. The van der Waals surface area contributed by atoms with Crippen LogP contribution in [0.15, 0.2) is 115 Å². The van der Waals surface area contributed by atoms with Gasteiger partial charge >= 0.3 is 0 Å². The van der Waals surface area contributed by atoms with E-state index in [-0.39, 0.29) is 17.7 Å². The predicted molar refractivity (Wildman–Crippen MR) is 209 cm³/mol. The zero-order valence-electron chi connectivity index (χ0n) is 30.6. The normalized spacial score (nSPS) is 15.8. The van der Waals surface area contributed by atoms with E-state index in [0.717, 1.165) is 61.5 Å². The van der Waals surface area contributed by atoms with Crippen LogP contribution in [-0.4, -0.2) is 95.7 Å². The van der Waals surface area contributed by atoms with E-state index in [4.69, 9.17) is 0 Å². The summed E-state index contributed by atoms with van der Waals surface area (Å²) in [4.78, 5) is 51.1. The Morgan fingerprint density at radius 3 is 1.83 bits per heavy atom. The molecule has 0 saturated carbocycles. The Kier molecular flexibility index (Phi) is 12.5. The van der Waals surface area contributed by atoms with Gasteiger partial charge in [0.15, 0.2) is 0 Å². The summed E-state index contributed by atoms with van der Waals surface area (Å²) in [5.41, 5.74) is 6.51. The Labute approximate surface area is 308 Å². The molecule has 2 fully saturated rings. The zero-order valence-corrected chi connectivity index (χ0v) is 30.6. The smallest absolute Gasteiger partial charge is 0.247 e. The lowest BCUT2D eigenvalue weighted by atomic mass is 10.0. The maximum Gasteiger partial charge on any atom is 0.247 e. The minimum Gasteiger partial charge on any atom is -0.368 e. The molecule has 52 heavy (non-hydrogen) atoms. The number of benzene rings is 4. The van der Waals surface area contributed by atoms with Crippen LogP contribution in [0.2, 0.25) is 0 Å². The van der Waals surface area contributed by atoms with E-state index in [1.54, 1.807) is 17.9 Å². The monoisotopic (exact) mass is 697 g/mol. The number of amides is 3. The van der Waals surface area contributed by atoms with Crippen molar-refractivity contribution < 1.29 is 14.4 Å². The fourth-order valence-electron chi connectivity index (χ4n) is 7.10. The summed E-state index contributed by atoms with van der Waals surface area (Å²) >= 11 is 0. The van der Waals surface area contributed by atoms with Gasteiger partial charge in [-0.25, -0.2) is 0 Å². The highest BCUT2D eigenvalue weighted by Crippen LogP contribution is 2.22. The summed E-state index contributed by atoms with van der Waals surface area (Å²) < 4.78 is 0. The van der Waals surface area contributed by atoms with E-state index in [2.05, 4.69) is 77.4 Å². The van der Waals surface area contributed by atoms with Gasteiger partial charge in [-0.15, -0.1) is 0 Å². The second kappa shape index (κ2) is 17.8. The molecular weight excluding hydrogens is 647 g/mol. The van der Waals surface area contributed by atoms with Crippen molar-refractivity contribution in [3.63, 3.8) is 0 Å². The maximum atomic E-state index is 14.6. The van der Waals surface area contributed by atoms with Crippen LogP contribution in [0, 0.1) is 0 Å². The van der Waals surface area contributed by atoms with Crippen molar-refractivity contribution in [2.45, 2.75) is 45.8 Å². The molecule has 0 bridgehead atoms. The van der Waals surface area contributed by atoms with Crippen LogP contribution in [0.4, 0.5) is 5.69 Å². The fourth-order valence-corrected chi connectivity index (χ4v) is 7.10. The number of aryl methyl sites for hydroxylation is 1. The second-order valence-electron chi connectivity index (χ2n) is 13.8. The predicted octanol–water partition coefficient (Wildman–Crippen LogP) is 5.92. The van der Waals surface area contributed by atoms with Crippen molar-refractivity contribution >= 4 is 29.5 Å². The molecule has 4 aromatic carbocycles. The van der Waals surface area contributed by atoms with Gasteiger partial charge in [-0.2, -0.15) is 0 Å². The summed E-state index contributed by atoms with van der Waals surface area (Å²) in [5.74, 6) is -0.0985. The standard InChI is InChI=1S/C44H51N5O3/c1-3-36-14-16-37(17-15-36)20-23-43(51)49(34-40-18-21-41(22-19-40)47-30-28-46(29-31-47)35(2)50)42(32-38-10-6-4-7-11-38)44(52)48-26-24-45(25-27-48)33-39-12-8-5-9-13-39/h4-23,42H,3,24-34H2,1-2H3/b23-20+/t42-/m0/s1. The van der Waals surface area contributed by atoms with Crippen LogP contribution < -0.4 is 4.90 Å². The molecule has 0 aliphatic carbocycles. The van der Waals surface area contributed by atoms with Crippen LogP contribution in [0.3, 0.4) is 0 Å². The summed E-state index contributed by atoms with van der Waals surface area (Å²) in [7, 11) is 0. The Bertz CT molecular complexity index is 1780. The van der Waals surface area contributed by atoms with Crippen molar-refractivity contribution in [2.75, 3.05) is 57.3 Å². The highest BCUT2D eigenvalue weighted by molar-refractivity contribution is 5.95. The SMILES string of the molecule is CCc1ccc(/C=C/C(=O)N(Cc2ccc(N3CCN(C(C)=O)CC3)cc2)[C@@H](Cc2ccccc2)C(=O)N2CCN(Cc3ccccc3)CC2)cc1. The summed E-state index contributed by atoms with van der Waals surface area (Å²) in [6, 6.07) is 36.3. The molecule has 2 saturated heterocycles. The lowest BCUT2D eigenvalue weighted by Gasteiger charge is -2.39. The molecule has 0 unspecified atom stereocenters. The third kappa shape index (κ3) is 9.76. The lowest BCUT2D eigenvalue weighted by Crippen LogP contribution is -2.56. The van der Waals surface area contributed by atoms with Gasteiger partial charge in [-0.05, 0) is 52.4 Å². The van der Waals surface area contributed by atoms with Crippen molar-refractivity contribution in [1.82, 2.24) is 19.6 Å². The Morgan fingerprint density at radius 1 is 0.654 bits per heavy atom. The third-order valence-electron chi connectivity index (χ3n) is 10.3. The molecule has 2 aliphatic rings. The van der Waals surface area contributed by atoms with Crippen molar-refractivity contribution in [3.8, 4) is 0 Å². The van der Waals surface area contributed by atoms with Crippen molar-refractivity contribution in [3.05, 3.63) is 143 Å². The van der Waals surface area contributed by atoms with E-state index in [9.17, 15) is 14.4 Å². The van der Waals surface area contributed by atoms with Crippen molar-refractivity contribution in [1.29, 1.82) is 0 Å². The molecule has 0 spiro atoms. The first-order valence-electron chi connectivity index (χ1n) is 18.6. The van der Waals surface area contributed by atoms with E-state index < -0.39 is 6.04 Å². The summed E-state index contributed by atoms with van der Waals surface area (Å²) in [5, 5.41) is 0. The summed E-state index contributed by atoms with van der Waals surface area (Å²) in [6.07, 6.45) is 4.85. The Hall–Kier alpha value is -5.21. The van der Waals surface area contributed by atoms with Crippen LogP contribution in [-0.2, 0) is 40.3 Å². The molecule has 0 radical (unpaired) electrons. The maximum absolute atomic E-state index is 14.6. The number of hydrogen-bond acceptors (Lipinski definition) is 5. The molecule has 2 heterocycles. The van der Waals surface area contributed by atoms with Crippen LogP contribution in [0.1, 0.15) is 41.7 Å². The molecule has 270 valence electrons. The highest BCUT2D eigenvalue weighted by atomic mass is 16.2. The lowest BCUT2D eigenvalue weighted by molar-refractivity contribution is -0.145. The first-order valence-corrected chi connectivity index (χ1v) is 18.6. The van der Waals surface area contributed by atoms with E-state index in [1.165, 1.54) is 11.1 Å². The van der Waals surface area contributed by atoms with Gasteiger partial charge in [-0.3, -0.25) is 19.3 Å². The largest absolute Gasteiger partial charge is 0.368 e. The molecule has 3 amide bonds. The first kappa shape index (κ1) is 36.6. The minimum absolute atomic E-state index is 0.0165. The number of piperazine rings is 2. The topological polar surface area (TPSA) is 67.4 Å². The zero-order chi connectivity index (χ0) is 36.3. The minimum atomic E-state index is -0.679. The van der Waals surface area contributed by atoms with Gasteiger partial charge in [0.25, 0.3) is 0 Å². The molecule has 2 aliphatic heterocycles. The average molecular weight is 698 g/mol. The Balaban J connectivity index is 1.24. The van der Waals surface area contributed by atoms with Crippen molar-refractivity contribution in [2.24, 2.45) is 0 Å². The van der Waals surface area contributed by atoms with E-state index >= 15 is 0 Å². The van der Waals surface area contributed by atoms with Gasteiger partial charge in [0.05, 0.1) is 0 Å². The van der Waals surface area contributed by atoms with E-state index in [1.807, 2.05) is 64.4 Å². The van der Waals surface area contributed by atoms with Crippen LogP contribution >= 0.6 is 0 Å². The molecular formula is C44H51N5O3. The van der Waals surface area contributed by atoms with Gasteiger partial charge in [-0.1, -0.05) is 104 Å². The molecule has 4 aromatic rings. The molecule has 6 rings (SSSR count). The van der Waals surface area contributed by atoms with Gasteiger partial charge in [0, 0.05) is 90.6 Å². The molecule has 1 atom stereocenters. The van der Waals surface area contributed by atoms with Gasteiger partial charge in [0.2, 0.25) is 17.7 Å². The number of carbonyl (C=O) groups excluding carboxylic acids is 3. The fraction of sp³-hybridized carbons (Fsp3) is 0.341. The molecule has 0 aromatic heterocycles. The second-order valence-corrected chi connectivity index (χ2v) is 13.8. The summed E-state index contributed by atoms with van der Waals surface area (Å²) in [6.45, 7) is 10.7. The third-order valence-corrected chi connectivity index (χ3v) is 10.3. The quantitative estimate of drug-likeness (QED) is 0.172. The number of anilines is 1. The van der Waals surface area contributed by atoms with Crippen LogP contribution in [0.25, 0.3) is 6.08 Å². The molecule has 8 nitrogen and oxygen atoms in total. The molecule has 8 heteroatoms.